The van der Waals surface area contributed by atoms with Gasteiger partial charge in [0.2, 0.25) is 0 Å². The Balaban J connectivity index is 1.59. The molecule has 37 heavy (non-hydrogen) atoms. The van der Waals surface area contributed by atoms with Gasteiger partial charge in [-0.15, -0.1) is 0 Å². The van der Waals surface area contributed by atoms with Crippen LogP contribution in [0.25, 0.3) is 0 Å². The standard InChI is InChI=1S/C29H36N4O4/c1-3-4-16-33(21-25-9-8-19-37-25)27-15-12-23(20-26(27)28(34)32-17-6-5-7-18-32)31-29(35)30-22-10-13-24(36-2)14-11-22/h8-15,19-20H,3-7,16-18,21H2,1-2H3,(H2,30,31,35). The Bertz CT molecular complexity index is 1160. The predicted octanol–water partition coefficient (Wildman–Crippen LogP) is 6.37. The Morgan fingerprint density at radius 1 is 1.00 bits per heavy atom. The SMILES string of the molecule is CCCCN(Cc1ccco1)c1ccc(NC(=O)Nc2ccc(OC)cc2)cc1C(=O)N1CCCCC1. The first-order valence-electron chi connectivity index (χ1n) is 13.0. The van der Waals surface area contributed by atoms with Gasteiger partial charge in [0.05, 0.1) is 31.2 Å². The first-order chi connectivity index (χ1) is 18.1. The fourth-order valence-corrected chi connectivity index (χ4v) is 4.52. The minimum Gasteiger partial charge on any atom is -0.497 e. The van der Waals surface area contributed by atoms with E-state index in [-0.39, 0.29) is 11.9 Å². The maximum absolute atomic E-state index is 13.7. The number of likely N-dealkylation sites (tertiary alicyclic amines) is 1. The number of furan rings is 1. The van der Waals surface area contributed by atoms with Gasteiger partial charge in [-0.05, 0) is 80.3 Å². The van der Waals surface area contributed by atoms with Crippen molar-refractivity contribution in [3.8, 4) is 5.75 Å². The van der Waals surface area contributed by atoms with Crippen molar-refractivity contribution in [1.82, 2.24) is 4.90 Å². The Hall–Kier alpha value is -3.94. The van der Waals surface area contributed by atoms with Crippen LogP contribution in [-0.4, -0.2) is 43.6 Å². The number of carbonyl (C=O) groups is 2. The normalized spacial score (nSPS) is 13.2. The van der Waals surface area contributed by atoms with E-state index < -0.39 is 0 Å². The molecule has 3 aromatic rings. The van der Waals surface area contributed by atoms with E-state index in [4.69, 9.17) is 9.15 Å². The van der Waals surface area contributed by atoms with Crippen molar-refractivity contribution >= 4 is 29.0 Å². The van der Waals surface area contributed by atoms with Gasteiger partial charge in [0.25, 0.3) is 5.91 Å². The number of methoxy groups -OCH3 is 1. The molecule has 8 heteroatoms. The van der Waals surface area contributed by atoms with Crippen molar-refractivity contribution in [2.75, 3.05) is 42.3 Å². The molecule has 4 rings (SSSR count). The van der Waals surface area contributed by atoms with E-state index in [1.54, 1.807) is 43.7 Å². The molecule has 1 aliphatic heterocycles. The van der Waals surface area contributed by atoms with Gasteiger partial charge in [0.1, 0.15) is 11.5 Å². The number of unbranched alkanes of at least 4 members (excludes halogenated alkanes) is 1. The summed E-state index contributed by atoms with van der Waals surface area (Å²) in [5.41, 5.74) is 2.64. The van der Waals surface area contributed by atoms with Gasteiger partial charge in [0, 0.05) is 31.0 Å². The van der Waals surface area contributed by atoms with Crippen LogP contribution in [-0.2, 0) is 6.54 Å². The number of nitrogens with one attached hydrogen (secondary N) is 2. The fourth-order valence-electron chi connectivity index (χ4n) is 4.52. The monoisotopic (exact) mass is 504 g/mol. The number of urea groups is 1. The first kappa shape index (κ1) is 26.1. The topological polar surface area (TPSA) is 87.0 Å². The van der Waals surface area contributed by atoms with Crippen molar-refractivity contribution in [2.45, 2.75) is 45.6 Å². The van der Waals surface area contributed by atoms with E-state index in [2.05, 4.69) is 22.5 Å². The van der Waals surface area contributed by atoms with E-state index in [0.29, 0.717) is 29.2 Å². The Labute approximate surface area is 218 Å². The average Bonchev–Trinajstić information content (AvgIpc) is 3.45. The average molecular weight is 505 g/mol. The summed E-state index contributed by atoms with van der Waals surface area (Å²) in [7, 11) is 1.60. The zero-order valence-corrected chi connectivity index (χ0v) is 21.7. The third kappa shape index (κ3) is 7.06. The van der Waals surface area contributed by atoms with Crippen molar-refractivity contribution in [3.05, 3.63) is 72.2 Å². The quantitative estimate of drug-likeness (QED) is 0.335. The zero-order chi connectivity index (χ0) is 26.0. The Kier molecular flexibility index (Phi) is 9.08. The molecule has 2 N–H and O–H groups in total. The van der Waals surface area contributed by atoms with Crippen LogP contribution in [0.15, 0.2) is 65.3 Å². The molecule has 0 spiro atoms. The maximum Gasteiger partial charge on any atom is 0.323 e. The van der Waals surface area contributed by atoms with Gasteiger partial charge < -0.3 is 29.6 Å². The molecular weight excluding hydrogens is 468 g/mol. The molecule has 0 bridgehead atoms. The number of piperidine rings is 1. The van der Waals surface area contributed by atoms with E-state index in [9.17, 15) is 9.59 Å². The Morgan fingerprint density at radius 3 is 2.41 bits per heavy atom. The van der Waals surface area contributed by atoms with Crippen LogP contribution in [0.1, 0.15) is 55.1 Å². The smallest absolute Gasteiger partial charge is 0.323 e. The van der Waals surface area contributed by atoms with E-state index in [1.165, 1.54) is 0 Å². The largest absolute Gasteiger partial charge is 0.497 e. The van der Waals surface area contributed by atoms with E-state index in [1.807, 2.05) is 29.2 Å². The van der Waals surface area contributed by atoms with Gasteiger partial charge in [0.15, 0.2) is 0 Å². The number of hydrogen-bond donors (Lipinski definition) is 2. The lowest BCUT2D eigenvalue weighted by Crippen LogP contribution is -2.37. The van der Waals surface area contributed by atoms with Crippen molar-refractivity contribution in [1.29, 1.82) is 0 Å². The molecule has 0 radical (unpaired) electrons. The minimum absolute atomic E-state index is 0.00476. The minimum atomic E-state index is -0.382. The lowest BCUT2D eigenvalue weighted by molar-refractivity contribution is 0.0725. The molecule has 1 aromatic heterocycles. The Morgan fingerprint density at radius 2 is 1.73 bits per heavy atom. The number of ether oxygens (including phenoxy) is 1. The molecular formula is C29H36N4O4. The van der Waals surface area contributed by atoms with Crippen LogP contribution >= 0.6 is 0 Å². The number of amides is 3. The van der Waals surface area contributed by atoms with Crippen LogP contribution in [0.3, 0.4) is 0 Å². The number of nitrogens with zero attached hydrogens (tertiary/aromatic N) is 2. The van der Waals surface area contributed by atoms with Crippen LogP contribution in [0.5, 0.6) is 5.75 Å². The van der Waals surface area contributed by atoms with E-state index in [0.717, 1.165) is 63.2 Å². The summed E-state index contributed by atoms with van der Waals surface area (Å²) < 4.78 is 10.8. The molecule has 1 fully saturated rings. The van der Waals surface area contributed by atoms with Crippen molar-refractivity contribution in [3.63, 3.8) is 0 Å². The van der Waals surface area contributed by atoms with E-state index >= 15 is 0 Å². The summed E-state index contributed by atoms with van der Waals surface area (Å²) in [5, 5.41) is 5.71. The molecule has 0 unspecified atom stereocenters. The molecule has 0 saturated carbocycles. The molecule has 1 saturated heterocycles. The summed E-state index contributed by atoms with van der Waals surface area (Å²) in [5.74, 6) is 1.55. The molecule has 2 aromatic carbocycles. The first-order valence-corrected chi connectivity index (χ1v) is 13.0. The second-order valence-electron chi connectivity index (χ2n) is 9.25. The van der Waals surface area contributed by atoms with Crippen LogP contribution in [0.2, 0.25) is 0 Å². The number of hydrogen-bond acceptors (Lipinski definition) is 5. The summed E-state index contributed by atoms with van der Waals surface area (Å²) in [6.45, 7) is 5.02. The second kappa shape index (κ2) is 12.9. The lowest BCUT2D eigenvalue weighted by Gasteiger charge is -2.31. The molecule has 0 aliphatic carbocycles. The van der Waals surface area contributed by atoms with Crippen LogP contribution in [0.4, 0.5) is 21.9 Å². The highest BCUT2D eigenvalue weighted by molar-refractivity contribution is 6.04. The fraction of sp³-hybridized carbons (Fsp3) is 0.379. The summed E-state index contributed by atoms with van der Waals surface area (Å²) in [6, 6.07) is 16.1. The van der Waals surface area contributed by atoms with Gasteiger partial charge in [-0.3, -0.25) is 4.79 Å². The molecule has 196 valence electrons. The maximum atomic E-state index is 13.7. The van der Waals surface area contributed by atoms with Crippen molar-refractivity contribution < 1.29 is 18.7 Å². The third-order valence-electron chi connectivity index (χ3n) is 6.53. The summed E-state index contributed by atoms with van der Waals surface area (Å²) >= 11 is 0. The predicted molar refractivity (Wildman–Crippen MR) is 146 cm³/mol. The zero-order valence-electron chi connectivity index (χ0n) is 21.7. The molecule has 2 heterocycles. The summed E-state index contributed by atoms with van der Waals surface area (Å²) in [6.07, 6.45) is 6.86. The van der Waals surface area contributed by atoms with Gasteiger partial charge >= 0.3 is 6.03 Å². The van der Waals surface area contributed by atoms with Gasteiger partial charge in [-0.25, -0.2) is 4.79 Å². The number of rotatable bonds is 10. The highest BCUT2D eigenvalue weighted by atomic mass is 16.5. The van der Waals surface area contributed by atoms with Crippen molar-refractivity contribution in [2.24, 2.45) is 0 Å². The lowest BCUT2D eigenvalue weighted by atomic mass is 10.1. The highest BCUT2D eigenvalue weighted by Gasteiger charge is 2.24. The molecule has 0 atom stereocenters. The number of carbonyl (C=O) groups excluding carboxylic acids is 2. The third-order valence-corrected chi connectivity index (χ3v) is 6.53. The summed E-state index contributed by atoms with van der Waals surface area (Å²) in [4.78, 5) is 30.6. The van der Waals surface area contributed by atoms with Gasteiger partial charge in [-0.1, -0.05) is 13.3 Å². The highest BCUT2D eigenvalue weighted by Crippen LogP contribution is 2.29. The molecule has 3 amide bonds. The van der Waals surface area contributed by atoms with Crippen LogP contribution in [0, 0.1) is 0 Å². The van der Waals surface area contributed by atoms with Gasteiger partial charge in [-0.2, -0.15) is 0 Å². The molecule has 1 aliphatic rings. The van der Waals surface area contributed by atoms with Crippen LogP contribution < -0.4 is 20.3 Å². The number of anilines is 3. The number of benzene rings is 2. The molecule has 8 nitrogen and oxygen atoms in total. The second-order valence-corrected chi connectivity index (χ2v) is 9.25.